The Bertz CT molecular complexity index is 1190. The molecule has 1 N–H and O–H groups in total. The highest BCUT2D eigenvalue weighted by atomic mass is 16.1. The minimum atomic E-state index is -0.117. The number of para-hydroxylation sites is 1. The van der Waals surface area contributed by atoms with Gasteiger partial charge in [-0.05, 0) is 50.5 Å². The zero-order valence-electron chi connectivity index (χ0n) is 18.2. The van der Waals surface area contributed by atoms with Gasteiger partial charge in [0, 0.05) is 31.0 Å². The second-order valence-electron chi connectivity index (χ2n) is 7.88. The summed E-state index contributed by atoms with van der Waals surface area (Å²) in [7, 11) is 0. The monoisotopic (exact) mass is 413 g/mol. The van der Waals surface area contributed by atoms with Crippen LogP contribution in [0.5, 0.6) is 0 Å². The van der Waals surface area contributed by atoms with E-state index in [-0.39, 0.29) is 5.91 Å². The summed E-state index contributed by atoms with van der Waals surface area (Å²) in [5.74, 6) is -0.117. The second-order valence-corrected chi connectivity index (χ2v) is 7.88. The molecule has 0 saturated heterocycles. The van der Waals surface area contributed by atoms with Gasteiger partial charge in [-0.2, -0.15) is 10.2 Å². The maximum Gasteiger partial charge on any atom is 0.255 e. The number of benzene rings is 2. The highest BCUT2D eigenvalue weighted by Crippen LogP contribution is 2.27. The Kier molecular flexibility index (Phi) is 5.98. The van der Waals surface area contributed by atoms with Crippen LogP contribution in [0.25, 0.3) is 16.9 Å². The topological polar surface area (TPSA) is 64.7 Å². The predicted molar refractivity (Wildman–Crippen MR) is 122 cm³/mol. The van der Waals surface area contributed by atoms with E-state index >= 15 is 0 Å². The molecule has 0 atom stereocenters. The predicted octanol–water partition coefficient (Wildman–Crippen LogP) is 4.48. The summed E-state index contributed by atoms with van der Waals surface area (Å²) in [6, 6.07) is 16.1. The van der Waals surface area contributed by atoms with Crippen molar-refractivity contribution < 1.29 is 4.79 Å². The molecule has 31 heavy (non-hydrogen) atoms. The average Bonchev–Trinajstić information content (AvgIpc) is 3.38. The van der Waals surface area contributed by atoms with Crippen molar-refractivity contribution in [3.63, 3.8) is 0 Å². The van der Waals surface area contributed by atoms with Crippen molar-refractivity contribution in [2.75, 3.05) is 6.54 Å². The Labute approximate surface area is 182 Å². The Morgan fingerprint density at radius 2 is 1.81 bits per heavy atom. The lowest BCUT2D eigenvalue weighted by atomic mass is 10.0. The van der Waals surface area contributed by atoms with Gasteiger partial charge in [0.1, 0.15) is 5.69 Å². The summed E-state index contributed by atoms with van der Waals surface area (Å²) in [5.41, 5.74) is 6.58. The molecule has 0 unspecified atom stereocenters. The minimum Gasteiger partial charge on any atom is -0.352 e. The van der Waals surface area contributed by atoms with Crippen molar-refractivity contribution >= 4 is 5.91 Å². The van der Waals surface area contributed by atoms with Crippen LogP contribution in [0.3, 0.4) is 0 Å². The van der Waals surface area contributed by atoms with Gasteiger partial charge in [0.15, 0.2) is 0 Å². The molecular formula is C25H27N5O. The van der Waals surface area contributed by atoms with E-state index < -0.39 is 0 Å². The van der Waals surface area contributed by atoms with E-state index in [0.717, 1.165) is 35.3 Å². The summed E-state index contributed by atoms with van der Waals surface area (Å²) in [6.07, 6.45) is 6.46. The van der Waals surface area contributed by atoms with Gasteiger partial charge in [0.2, 0.25) is 0 Å². The number of rotatable bonds is 7. The normalized spacial score (nSPS) is 10.9. The van der Waals surface area contributed by atoms with Gasteiger partial charge >= 0.3 is 0 Å². The number of nitrogens with zero attached hydrogens (tertiary/aromatic N) is 4. The van der Waals surface area contributed by atoms with Crippen LogP contribution in [0, 0.1) is 20.8 Å². The molecule has 4 aromatic rings. The van der Waals surface area contributed by atoms with Crippen molar-refractivity contribution in [2.24, 2.45) is 0 Å². The van der Waals surface area contributed by atoms with Gasteiger partial charge in [-0.1, -0.05) is 42.0 Å². The van der Waals surface area contributed by atoms with E-state index in [2.05, 4.69) is 36.4 Å². The summed E-state index contributed by atoms with van der Waals surface area (Å²) >= 11 is 0. The molecule has 0 aliphatic heterocycles. The van der Waals surface area contributed by atoms with Crippen LogP contribution >= 0.6 is 0 Å². The fourth-order valence-electron chi connectivity index (χ4n) is 3.66. The standard InChI is InChI=1S/C25H27N5O/c1-18-10-11-22(20(3)14-18)24-23(17-30(28-24)21-8-5-4-6-9-21)25(31)26-12-7-13-29-16-19(2)15-27-29/h4-6,8-11,14-17H,7,12-13H2,1-3H3,(H,26,31). The molecule has 6 nitrogen and oxygen atoms in total. The Balaban J connectivity index is 1.57. The molecule has 1 amide bonds. The molecule has 6 heteroatoms. The summed E-state index contributed by atoms with van der Waals surface area (Å²) in [6.45, 7) is 7.47. The van der Waals surface area contributed by atoms with Crippen LogP contribution < -0.4 is 5.32 Å². The van der Waals surface area contributed by atoms with Gasteiger partial charge in [0.05, 0.1) is 17.4 Å². The molecule has 2 aromatic heterocycles. The third-order valence-electron chi connectivity index (χ3n) is 5.23. The van der Waals surface area contributed by atoms with Crippen LogP contribution in [0.1, 0.15) is 33.5 Å². The van der Waals surface area contributed by atoms with E-state index in [4.69, 9.17) is 5.10 Å². The van der Waals surface area contributed by atoms with E-state index in [1.807, 2.05) is 66.6 Å². The molecule has 0 bridgehead atoms. The molecule has 158 valence electrons. The third-order valence-corrected chi connectivity index (χ3v) is 5.23. The van der Waals surface area contributed by atoms with Crippen LogP contribution in [0.2, 0.25) is 0 Å². The largest absolute Gasteiger partial charge is 0.352 e. The number of hydrogen-bond donors (Lipinski definition) is 1. The van der Waals surface area contributed by atoms with Crippen LogP contribution in [-0.2, 0) is 6.54 Å². The van der Waals surface area contributed by atoms with Gasteiger partial charge in [-0.15, -0.1) is 0 Å². The molecule has 2 heterocycles. The van der Waals surface area contributed by atoms with Crippen LogP contribution in [-0.4, -0.2) is 32.0 Å². The van der Waals surface area contributed by atoms with Gasteiger partial charge in [-0.25, -0.2) is 4.68 Å². The third kappa shape index (κ3) is 4.74. The van der Waals surface area contributed by atoms with Gasteiger partial charge in [0.25, 0.3) is 5.91 Å². The first-order valence-corrected chi connectivity index (χ1v) is 10.5. The SMILES string of the molecule is Cc1ccc(-c2nn(-c3ccccc3)cc2C(=O)NCCCn2cc(C)cn2)c(C)c1. The molecule has 0 fully saturated rings. The molecule has 0 saturated carbocycles. The first kappa shape index (κ1) is 20.6. The van der Waals surface area contributed by atoms with Gasteiger partial charge in [-0.3, -0.25) is 9.48 Å². The lowest BCUT2D eigenvalue weighted by Gasteiger charge is -2.08. The number of nitrogens with one attached hydrogen (secondary N) is 1. The van der Waals surface area contributed by atoms with E-state index in [1.165, 1.54) is 5.56 Å². The van der Waals surface area contributed by atoms with Crippen molar-refractivity contribution in [2.45, 2.75) is 33.7 Å². The number of aromatic nitrogens is 4. The lowest BCUT2D eigenvalue weighted by Crippen LogP contribution is -2.25. The maximum absolute atomic E-state index is 13.1. The molecule has 4 rings (SSSR count). The number of carbonyl (C=O) groups is 1. The first-order valence-electron chi connectivity index (χ1n) is 10.5. The summed E-state index contributed by atoms with van der Waals surface area (Å²) in [4.78, 5) is 13.1. The average molecular weight is 414 g/mol. The minimum absolute atomic E-state index is 0.117. The van der Waals surface area contributed by atoms with E-state index in [1.54, 1.807) is 4.68 Å². The highest BCUT2D eigenvalue weighted by Gasteiger charge is 2.19. The number of carbonyl (C=O) groups excluding carboxylic acids is 1. The van der Waals surface area contributed by atoms with Crippen molar-refractivity contribution in [1.82, 2.24) is 24.9 Å². The van der Waals surface area contributed by atoms with Gasteiger partial charge < -0.3 is 5.32 Å². The molecule has 0 spiro atoms. The van der Waals surface area contributed by atoms with Crippen molar-refractivity contribution in [3.8, 4) is 16.9 Å². The van der Waals surface area contributed by atoms with Crippen LogP contribution in [0.15, 0.2) is 67.1 Å². The van der Waals surface area contributed by atoms with Crippen molar-refractivity contribution in [1.29, 1.82) is 0 Å². The van der Waals surface area contributed by atoms with Crippen LogP contribution in [0.4, 0.5) is 0 Å². The zero-order valence-corrected chi connectivity index (χ0v) is 18.2. The number of amides is 1. The smallest absolute Gasteiger partial charge is 0.255 e. The lowest BCUT2D eigenvalue weighted by molar-refractivity contribution is 0.0953. The van der Waals surface area contributed by atoms with E-state index in [9.17, 15) is 4.79 Å². The Hall–Kier alpha value is -3.67. The van der Waals surface area contributed by atoms with E-state index in [0.29, 0.717) is 17.8 Å². The maximum atomic E-state index is 13.1. The fourth-order valence-corrected chi connectivity index (χ4v) is 3.66. The molecule has 2 aromatic carbocycles. The molecular weight excluding hydrogens is 386 g/mol. The quantitative estimate of drug-likeness (QED) is 0.454. The summed E-state index contributed by atoms with van der Waals surface area (Å²) < 4.78 is 3.67. The second kappa shape index (κ2) is 9.00. The Morgan fingerprint density at radius 3 is 2.52 bits per heavy atom. The molecule has 0 radical (unpaired) electrons. The Morgan fingerprint density at radius 1 is 1.00 bits per heavy atom. The number of aryl methyl sites for hydroxylation is 4. The number of hydrogen-bond acceptors (Lipinski definition) is 3. The highest BCUT2D eigenvalue weighted by molar-refractivity contribution is 6.00. The molecule has 0 aliphatic rings. The zero-order chi connectivity index (χ0) is 21.8. The molecule has 0 aliphatic carbocycles. The van der Waals surface area contributed by atoms with Crippen molar-refractivity contribution in [3.05, 3.63) is 89.4 Å². The first-order chi connectivity index (χ1) is 15.0. The fraction of sp³-hybridized carbons (Fsp3) is 0.240. The summed E-state index contributed by atoms with van der Waals surface area (Å²) in [5, 5.41) is 12.1.